The van der Waals surface area contributed by atoms with E-state index in [9.17, 15) is 9.59 Å². The van der Waals surface area contributed by atoms with Crippen LogP contribution in [0.15, 0.2) is 53.3 Å². The van der Waals surface area contributed by atoms with Crippen molar-refractivity contribution in [2.24, 2.45) is 5.92 Å². The van der Waals surface area contributed by atoms with Crippen LogP contribution in [-0.2, 0) is 11.3 Å². The van der Waals surface area contributed by atoms with Crippen molar-refractivity contribution in [1.82, 2.24) is 9.47 Å². The second kappa shape index (κ2) is 8.51. The predicted molar refractivity (Wildman–Crippen MR) is 120 cm³/mol. The fraction of sp³-hybridized carbons (Fsp3) is 0.391. The van der Waals surface area contributed by atoms with Crippen molar-refractivity contribution in [3.05, 3.63) is 63.8 Å². The lowest BCUT2D eigenvalue weighted by molar-refractivity contribution is -0.121. The van der Waals surface area contributed by atoms with E-state index in [2.05, 4.69) is 34.5 Å². The van der Waals surface area contributed by atoms with Crippen LogP contribution in [0.3, 0.4) is 0 Å². The number of nitrogens with zero attached hydrogens (tertiary/aromatic N) is 2. The molecule has 152 valence electrons. The largest absolute Gasteiger partial charge is 0.326 e. The molecule has 1 amide bonds. The van der Waals surface area contributed by atoms with Gasteiger partial charge in [0.1, 0.15) is 0 Å². The zero-order valence-electron chi connectivity index (χ0n) is 16.9. The van der Waals surface area contributed by atoms with Gasteiger partial charge in [-0.25, -0.2) is 0 Å². The molecule has 0 atom stereocenters. The van der Waals surface area contributed by atoms with E-state index < -0.39 is 0 Å². The number of hydrogen-bond donors (Lipinski definition) is 1. The van der Waals surface area contributed by atoms with Gasteiger partial charge in [-0.15, -0.1) is 0 Å². The lowest BCUT2D eigenvalue weighted by Gasteiger charge is -2.31. The van der Waals surface area contributed by atoms with Crippen LogP contribution in [0.1, 0.15) is 38.3 Å². The number of aromatic nitrogens is 1. The summed E-state index contributed by atoms with van der Waals surface area (Å²) in [4.78, 5) is 27.4. The zero-order chi connectivity index (χ0) is 20.4. The van der Waals surface area contributed by atoms with Crippen molar-refractivity contribution >= 4 is 33.1 Å². The highest BCUT2D eigenvalue weighted by Crippen LogP contribution is 2.26. The molecule has 0 saturated carbocycles. The number of thiazole rings is 1. The maximum atomic E-state index is 12.8. The molecule has 1 fully saturated rings. The topological polar surface area (TPSA) is 54.3 Å². The molecule has 0 radical (unpaired) electrons. The highest BCUT2D eigenvalue weighted by molar-refractivity contribution is 7.16. The SMILES string of the molecule is CC(C)n1c(=O)sc2cc(NC(=O)C3CCN(Cc4ccccc4)CC3)ccc21. The summed E-state index contributed by atoms with van der Waals surface area (Å²) in [5.74, 6) is 0.121. The Kier molecular flexibility index (Phi) is 5.83. The van der Waals surface area contributed by atoms with Crippen LogP contribution in [-0.4, -0.2) is 28.5 Å². The van der Waals surface area contributed by atoms with Crippen molar-refractivity contribution in [1.29, 1.82) is 0 Å². The average Bonchev–Trinajstić information content (AvgIpc) is 3.04. The maximum absolute atomic E-state index is 12.8. The van der Waals surface area contributed by atoms with E-state index in [-0.39, 0.29) is 22.7 Å². The van der Waals surface area contributed by atoms with E-state index in [1.165, 1.54) is 16.9 Å². The number of carbonyl (C=O) groups excluding carboxylic acids is 1. The van der Waals surface area contributed by atoms with E-state index in [1.807, 2.05) is 38.1 Å². The first kappa shape index (κ1) is 19.9. The summed E-state index contributed by atoms with van der Waals surface area (Å²) >= 11 is 1.23. The van der Waals surface area contributed by atoms with E-state index in [1.54, 1.807) is 4.57 Å². The molecule has 2 aromatic carbocycles. The number of nitrogens with one attached hydrogen (secondary N) is 1. The van der Waals surface area contributed by atoms with Gasteiger partial charge in [-0.2, -0.15) is 0 Å². The highest BCUT2D eigenvalue weighted by Gasteiger charge is 2.25. The third kappa shape index (κ3) is 4.43. The summed E-state index contributed by atoms with van der Waals surface area (Å²) in [6.07, 6.45) is 1.75. The molecule has 1 N–H and O–H groups in total. The van der Waals surface area contributed by atoms with Crippen molar-refractivity contribution in [3.8, 4) is 0 Å². The Morgan fingerprint density at radius 2 is 1.86 bits per heavy atom. The lowest BCUT2D eigenvalue weighted by Crippen LogP contribution is -2.37. The van der Waals surface area contributed by atoms with Crippen LogP contribution >= 0.6 is 11.3 Å². The fourth-order valence-electron chi connectivity index (χ4n) is 4.04. The molecule has 1 aromatic heterocycles. The number of piperidine rings is 1. The second-order valence-electron chi connectivity index (χ2n) is 8.04. The molecule has 0 bridgehead atoms. The molecule has 0 aliphatic carbocycles. The minimum atomic E-state index is 0.0386. The van der Waals surface area contributed by atoms with Gasteiger partial charge in [-0.1, -0.05) is 41.7 Å². The van der Waals surface area contributed by atoms with Gasteiger partial charge in [0.05, 0.1) is 10.2 Å². The summed E-state index contributed by atoms with van der Waals surface area (Å²) in [7, 11) is 0. The number of benzene rings is 2. The van der Waals surface area contributed by atoms with Gasteiger partial charge in [-0.3, -0.25) is 19.1 Å². The van der Waals surface area contributed by atoms with Gasteiger partial charge in [0.25, 0.3) is 0 Å². The number of amides is 1. The Labute approximate surface area is 175 Å². The number of likely N-dealkylation sites (tertiary alicyclic amines) is 1. The van der Waals surface area contributed by atoms with Gasteiger partial charge >= 0.3 is 4.87 Å². The second-order valence-corrected chi connectivity index (χ2v) is 9.03. The summed E-state index contributed by atoms with van der Waals surface area (Å²) < 4.78 is 2.72. The molecule has 4 rings (SSSR count). The number of rotatable bonds is 5. The van der Waals surface area contributed by atoms with Crippen molar-refractivity contribution < 1.29 is 4.79 Å². The molecule has 1 saturated heterocycles. The number of hydrogen-bond acceptors (Lipinski definition) is 4. The highest BCUT2D eigenvalue weighted by atomic mass is 32.1. The molecule has 1 aliphatic rings. The van der Waals surface area contributed by atoms with Crippen LogP contribution in [0.2, 0.25) is 0 Å². The summed E-state index contributed by atoms with van der Waals surface area (Å²) in [5, 5.41) is 3.06. The molecular weight excluding hydrogens is 382 g/mol. The lowest BCUT2D eigenvalue weighted by atomic mass is 9.95. The van der Waals surface area contributed by atoms with Crippen molar-refractivity contribution in [3.63, 3.8) is 0 Å². The minimum Gasteiger partial charge on any atom is -0.326 e. The average molecular weight is 410 g/mol. The Balaban J connectivity index is 1.37. The van der Waals surface area contributed by atoms with Crippen LogP contribution in [0.25, 0.3) is 10.2 Å². The van der Waals surface area contributed by atoms with Crippen molar-refractivity contribution in [2.45, 2.75) is 39.3 Å². The Bertz CT molecular complexity index is 1050. The normalized spacial score (nSPS) is 15.8. The van der Waals surface area contributed by atoms with Crippen LogP contribution in [0.5, 0.6) is 0 Å². The monoisotopic (exact) mass is 409 g/mol. The number of carbonyl (C=O) groups is 1. The first-order valence-electron chi connectivity index (χ1n) is 10.2. The van der Waals surface area contributed by atoms with Gasteiger partial charge in [0, 0.05) is 24.2 Å². The summed E-state index contributed by atoms with van der Waals surface area (Å²) in [5.41, 5.74) is 3.02. The maximum Gasteiger partial charge on any atom is 0.308 e. The molecule has 3 aromatic rings. The first-order valence-corrected chi connectivity index (χ1v) is 11.0. The van der Waals surface area contributed by atoms with E-state index >= 15 is 0 Å². The Hall–Kier alpha value is -2.44. The van der Waals surface area contributed by atoms with Crippen LogP contribution in [0, 0.1) is 5.92 Å². The Morgan fingerprint density at radius 1 is 1.14 bits per heavy atom. The molecule has 0 spiro atoms. The Morgan fingerprint density at radius 3 is 2.55 bits per heavy atom. The summed E-state index contributed by atoms with van der Waals surface area (Å²) in [6, 6.07) is 16.3. The molecule has 5 nitrogen and oxygen atoms in total. The number of anilines is 1. The fourth-order valence-corrected chi connectivity index (χ4v) is 5.09. The minimum absolute atomic E-state index is 0.0386. The zero-order valence-corrected chi connectivity index (χ0v) is 17.7. The van der Waals surface area contributed by atoms with Crippen LogP contribution in [0.4, 0.5) is 5.69 Å². The van der Waals surface area contributed by atoms with Crippen molar-refractivity contribution in [2.75, 3.05) is 18.4 Å². The van der Waals surface area contributed by atoms with Gasteiger partial charge in [0.2, 0.25) is 5.91 Å². The summed E-state index contributed by atoms with van der Waals surface area (Å²) in [6.45, 7) is 6.83. The van der Waals surface area contributed by atoms with Gasteiger partial charge in [-0.05, 0) is 63.5 Å². The molecule has 2 heterocycles. The van der Waals surface area contributed by atoms with Gasteiger partial charge < -0.3 is 5.32 Å². The molecule has 29 heavy (non-hydrogen) atoms. The standard InChI is InChI=1S/C23H27N3O2S/c1-16(2)26-20-9-8-19(14-21(20)29-23(26)28)24-22(27)18-10-12-25(13-11-18)15-17-6-4-3-5-7-17/h3-9,14,16,18H,10-13,15H2,1-2H3,(H,24,27). The van der Waals surface area contributed by atoms with Crippen LogP contribution < -0.4 is 10.2 Å². The number of fused-ring (bicyclic) bond motifs is 1. The predicted octanol–water partition coefficient (Wildman–Crippen LogP) is 4.49. The van der Waals surface area contributed by atoms with E-state index in [4.69, 9.17) is 0 Å². The third-order valence-corrected chi connectivity index (χ3v) is 6.52. The molecule has 1 aliphatic heterocycles. The molecule has 0 unspecified atom stereocenters. The molecular formula is C23H27N3O2S. The van der Waals surface area contributed by atoms with E-state index in [0.29, 0.717) is 0 Å². The van der Waals surface area contributed by atoms with Gasteiger partial charge in [0.15, 0.2) is 0 Å². The third-order valence-electron chi connectivity index (χ3n) is 5.60. The first-order chi connectivity index (χ1) is 14.0. The molecule has 6 heteroatoms. The smallest absolute Gasteiger partial charge is 0.308 e. The quantitative estimate of drug-likeness (QED) is 0.675. The van der Waals surface area contributed by atoms with E-state index in [0.717, 1.165) is 48.4 Å².